The minimum absolute atomic E-state index is 0.0186. The Morgan fingerprint density at radius 2 is 2.00 bits per heavy atom. The monoisotopic (exact) mass is 304 g/mol. The number of piperidine rings is 1. The molecule has 1 aromatic rings. The van der Waals surface area contributed by atoms with Crippen LogP contribution in [0.4, 0.5) is 0 Å². The molecule has 1 aromatic carbocycles. The van der Waals surface area contributed by atoms with Gasteiger partial charge in [-0.05, 0) is 63.5 Å². The van der Waals surface area contributed by atoms with E-state index < -0.39 is 0 Å². The van der Waals surface area contributed by atoms with E-state index in [-0.39, 0.29) is 5.91 Å². The van der Waals surface area contributed by atoms with Crippen LogP contribution in [0.2, 0.25) is 0 Å². The van der Waals surface area contributed by atoms with E-state index >= 15 is 0 Å². The number of rotatable bonds is 8. The van der Waals surface area contributed by atoms with Crippen molar-refractivity contribution in [2.24, 2.45) is 0 Å². The lowest BCUT2D eigenvalue weighted by Gasteiger charge is -2.26. The zero-order valence-corrected chi connectivity index (χ0v) is 13.6. The molecule has 1 saturated heterocycles. The van der Waals surface area contributed by atoms with Gasteiger partial charge in [0.2, 0.25) is 0 Å². The zero-order chi connectivity index (χ0) is 15.6. The number of hydrogen-bond acceptors (Lipinski definition) is 3. The average Bonchev–Trinajstić information content (AvgIpc) is 2.58. The molecule has 0 unspecified atom stereocenters. The highest BCUT2D eigenvalue weighted by Crippen LogP contribution is 2.12. The predicted molar refractivity (Wildman–Crippen MR) is 89.5 cm³/mol. The quantitative estimate of drug-likeness (QED) is 0.750. The number of nitrogens with one attached hydrogen (secondary N) is 1. The van der Waals surface area contributed by atoms with Gasteiger partial charge in [0.25, 0.3) is 5.91 Å². The van der Waals surface area contributed by atoms with Crippen molar-refractivity contribution in [3.63, 3.8) is 0 Å². The molecule has 2 rings (SSSR count). The van der Waals surface area contributed by atoms with Gasteiger partial charge in [0.05, 0.1) is 7.11 Å². The van der Waals surface area contributed by atoms with Crippen LogP contribution >= 0.6 is 0 Å². The topological polar surface area (TPSA) is 41.6 Å². The number of carbonyl (C=O) groups is 1. The molecule has 0 radical (unpaired) electrons. The van der Waals surface area contributed by atoms with Crippen LogP contribution in [0.15, 0.2) is 24.3 Å². The SMILES string of the molecule is COc1cccc(C(=O)NCCCCCN2CCCCC2)c1. The number of hydrogen-bond donors (Lipinski definition) is 1. The minimum Gasteiger partial charge on any atom is -0.497 e. The standard InChI is InChI=1S/C18H28N2O2/c1-22-17-10-8-9-16(15-17)18(21)19-11-4-2-5-12-20-13-6-3-7-14-20/h8-10,15H,2-7,11-14H2,1H3,(H,19,21). The fraction of sp³-hybridized carbons (Fsp3) is 0.611. The van der Waals surface area contributed by atoms with Gasteiger partial charge in [-0.15, -0.1) is 0 Å². The third-order valence-corrected chi connectivity index (χ3v) is 4.22. The second-order valence-electron chi connectivity index (χ2n) is 5.95. The van der Waals surface area contributed by atoms with E-state index in [1.165, 1.54) is 51.7 Å². The smallest absolute Gasteiger partial charge is 0.251 e. The zero-order valence-electron chi connectivity index (χ0n) is 13.6. The molecule has 0 aliphatic carbocycles. The molecule has 1 amide bonds. The Hall–Kier alpha value is -1.55. The number of benzene rings is 1. The highest BCUT2D eigenvalue weighted by molar-refractivity contribution is 5.94. The van der Waals surface area contributed by atoms with Crippen LogP contribution in [0.5, 0.6) is 5.75 Å². The van der Waals surface area contributed by atoms with Crippen LogP contribution in [-0.4, -0.2) is 44.1 Å². The van der Waals surface area contributed by atoms with Gasteiger partial charge in [-0.3, -0.25) is 4.79 Å². The first-order valence-electron chi connectivity index (χ1n) is 8.44. The highest BCUT2D eigenvalue weighted by atomic mass is 16.5. The van der Waals surface area contributed by atoms with Gasteiger partial charge in [-0.1, -0.05) is 18.9 Å². The maximum absolute atomic E-state index is 12.0. The second kappa shape index (κ2) is 9.46. The van der Waals surface area contributed by atoms with Gasteiger partial charge in [0.1, 0.15) is 5.75 Å². The van der Waals surface area contributed by atoms with E-state index in [9.17, 15) is 4.79 Å². The first kappa shape index (κ1) is 16.8. The Kier molecular flexibility index (Phi) is 7.23. The molecule has 1 fully saturated rings. The van der Waals surface area contributed by atoms with Gasteiger partial charge in [-0.2, -0.15) is 0 Å². The highest BCUT2D eigenvalue weighted by Gasteiger charge is 2.09. The molecule has 4 heteroatoms. The Bertz CT molecular complexity index is 456. The van der Waals surface area contributed by atoms with E-state index in [1.807, 2.05) is 18.2 Å². The van der Waals surface area contributed by atoms with E-state index in [4.69, 9.17) is 4.74 Å². The summed E-state index contributed by atoms with van der Waals surface area (Å²) < 4.78 is 5.14. The third-order valence-electron chi connectivity index (χ3n) is 4.22. The van der Waals surface area contributed by atoms with Gasteiger partial charge < -0.3 is 15.0 Å². The fourth-order valence-electron chi connectivity index (χ4n) is 2.89. The molecule has 4 nitrogen and oxygen atoms in total. The molecule has 1 heterocycles. The maximum atomic E-state index is 12.0. The van der Waals surface area contributed by atoms with Crippen molar-refractivity contribution < 1.29 is 9.53 Å². The summed E-state index contributed by atoms with van der Waals surface area (Å²) in [5.74, 6) is 0.698. The summed E-state index contributed by atoms with van der Waals surface area (Å²) in [5.41, 5.74) is 0.660. The minimum atomic E-state index is -0.0186. The molecule has 0 atom stereocenters. The van der Waals surface area contributed by atoms with E-state index in [0.29, 0.717) is 11.3 Å². The molecule has 0 spiro atoms. The lowest BCUT2D eigenvalue weighted by Crippen LogP contribution is -2.30. The summed E-state index contributed by atoms with van der Waals surface area (Å²) >= 11 is 0. The van der Waals surface area contributed by atoms with Gasteiger partial charge in [-0.25, -0.2) is 0 Å². The number of amides is 1. The van der Waals surface area contributed by atoms with Crippen molar-refractivity contribution in [2.75, 3.05) is 33.3 Å². The number of likely N-dealkylation sites (tertiary alicyclic amines) is 1. The van der Waals surface area contributed by atoms with Crippen LogP contribution in [0.25, 0.3) is 0 Å². The van der Waals surface area contributed by atoms with Crippen LogP contribution in [0, 0.1) is 0 Å². The number of methoxy groups -OCH3 is 1. The molecule has 1 aliphatic heterocycles. The van der Waals surface area contributed by atoms with E-state index in [1.54, 1.807) is 13.2 Å². The molecular weight excluding hydrogens is 276 g/mol. The lowest BCUT2D eigenvalue weighted by atomic mass is 10.1. The van der Waals surface area contributed by atoms with Crippen molar-refractivity contribution in [1.29, 1.82) is 0 Å². The van der Waals surface area contributed by atoms with Gasteiger partial charge in [0.15, 0.2) is 0 Å². The molecule has 122 valence electrons. The summed E-state index contributed by atoms with van der Waals surface area (Å²) in [4.78, 5) is 14.6. The van der Waals surface area contributed by atoms with Crippen molar-refractivity contribution in [2.45, 2.75) is 38.5 Å². The number of carbonyl (C=O) groups excluding carboxylic acids is 1. The summed E-state index contributed by atoms with van der Waals surface area (Å²) in [6.07, 6.45) is 7.56. The molecular formula is C18H28N2O2. The van der Waals surface area contributed by atoms with Crippen molar-refractivity contribution >= 4 is 5.91 Å². The van der Waals surface area contributed by atoms with Crippen LogP contribution in [0.1, 0.15) is 48.9 Å². The van der Waals surface area contributed by atoms with Crippen molar-refractivity contribution in [3.8, 4) is 5.75 Å². The van der Waals surface area contributed by atoms with Crippen LogP contribution in [-0.2, 0) is 0 Å². The molecule has 22 heavy (non-hydrogen) atoms. The predicted octanol–water partition coefficient (Wildman–Crippen LogP) is 3.08. The largest absolute Gasteiger partial charge is 0.497 e. The number of nitrogens with zero attached hydrogens (tertiary/aromatic N) is 1. The van der Waals surface area contributed by atoms with E-state index in [0.717, 1.165) is 13.0 Å². The normalized spacial score (nSPS) is 15.5. The van der Waals surface area contributed by atoms with Crippen molar-refractivity contribution in [3.05, 3.63) is 29.8 Å². The van der Waals surface area contributed by atoms with Crippen LogP contribution < -0.4 is 10.1 Å². The number of ether oxygens (including phenoxy) is 1. The maximum Gasteiger partial charge on any atom is 0.251 e. The van der Waals surface area contributed by atoms with Gasteiger partial charge >= 0.3 is 0 Å². The molecule has 0 bridgehead atoms. The Morgan fingerprint density at radius 3 is 2.77 bits per heavy atom. The average molecular weight is 304 g/mol. The lowest BCUT2D eigenvalue weighted by molar-refractivity contribution is 0.0952. The summed E-state index contributed by atoms with van der Waals surface area (Å²) in [7, 11) is 1.61. The summed E-state index contributed by atoms with van der Waals surface area (Å²) in [6.45, 7) is 4.50. The van der Waals surface area contributed by atoms with E-state index in [2.05, 4.69) is 10.2 Å². The van der Waals surface area contributed by atoms with Crippen molar-refractivity contribution in [1.82, 2.24) is 10.2 Å². The molecule has 1 N–H and O–H groups in total. The fourth-order valence-corrected chi connectivity index (χ4v) is 2.89. The summed E-state index contributed by atoms with van der Waals surface area (Å²) in [6, 6.07) is 7.27. The first-order valence-corrected chi connectivity index (χ1v) is 8.44. The third kappa shape index (κ3) is 5.68. The summed E-state index contributed by atoms with van der Waals surface area (Å²) in [5, 5.41) is 2.98. The van der Waals surface area contributed by atoms with Crippen LogP contribution in [0.3, 0.4) is 0 Å². The molecule has 0 saturated carbocycles. The molecule has 1 aliphatic rings. The Balaban J connectivity index is 1.56. The Morgan fingerprint density at radius 1 is 1.18 bits per heavy atom. The molecule has 0 aromatic heterocycles. The second-order valence-corrected chi connectivity index (χ2v) is 5.95. The van der Waals surface area contributed by atoms with Gasteiger partial charge in [0, 0.05) is 12.1 Å². The first-order chi connectivity index (χ1) is 10.8. The Labute approximate surface area is 133 Å². The number of unbranched alkanes of at least 4 members (excludes halogenated alkanes) is 2.